The van der Waals surface area contributed by atoms with Crippen molar-refractivity contribution in [1.82, 2.24) is 10.3 Å². The third-order valence-electron chi connectivity index (χ3n) is 3.49. The van der Waals surface area contributed by atoms with E-state index in [9.17, 15) is 9.59 Å². The number of carbonyl (C=O) groups excluding carboxylic acids is 2. The molecule has 0 spiro atoms. The molecule has 1 heterocycles. The summed E-state index contributed by atoms with van der Waals surface area (Å²) in [7, 11) is 0. The molecule has 5 N–H and O–H groups in total. The van der Waals surface area contributed by atoms with Gasteiger partial charge in [0.2, 0.25) is 5.91 Å². The van der Waals surface area contributed by atoms with E-state index in [2.05, 4.69) is 10.3 Å². The lowest BCUT2D eigenvalue weighted by Gasteiger charge is -2.34. The van der Waals surface area contributed by atoms with Crippen molar-refractivity contribution in [1.29, 1.82) is 0 Å². The summed E-state index contributed by atoms with van der Waals surface area (Å²) in [6, 6.07) is 0. The third kappa shape index (κ3) is 2.93. The molecule has 1 aromatic heterocycles. The normalized spacial score (nSPS) is 17.9. The van der Waals surface area contributed by atoms with Crippen molar-refractivity contribution in [2.24, 2.45) is 11.5 Å². The highest BCUT2D eigenvalue weighted by molar-refractivity contribution is 7.09. The van der Waals surface area contributed by atoms with Crippen LogP contribution < -0.4 is 16.8 Å². The standard InChI is InChI=1S/C12H18N4O2S/c13-6-9-15-8(7-19-9)10(17)16-12(11(14)18)4-2-1-3-5-12/h7H,1-6,13H2,(H2,14,18)(H,16,17). The van der Waals surface area contributed by atoms with Crippen molar-refractivity contribution in [2.75, 3.05) is 0 Å². The Balaban J connectivity index is 2.12. The highest BCUT2D eigenvalue weighted by Gasteiger charge is 2.39. The van der Waals surface area contributed by atoms with E-state index in [1.165, 1.54) is 11.3 Å². The van der Waals surface area contributed by atoms with Gasteiger partial charge in [0, 0.05) is 11.9 Å². The molecule has 0 aromatic carbocycles. The van der Waals surface area contributed by atoms with E-state index < -0.39 is 11.4 Å². The minimum absolute atomic E-state index is 0.302. The van der Waals surface area contributed by atoms with E-state index in [0.29, 0.717) is 30.1 Å². The van der Waals surface area contributed by atoms with Gasteiger partial charge in [-0.2, -0.15) is 0 Å². The summed E-state index contributed by atoms with van der Waals surface area (Å²) in [5.41, 5.74) is 10.3. The number of carbonyl (C=O) groups is 2. The Labute approximate surface area is 115 Å². The molecule has 19 heavy (non-hydrogen) atoms. The maximum atomic E-state index is 12.1. The Hall–Kier alpha value is -1.47. The van der Waals surface area contributed by atoms with Gasteiger partial charge in [0.25, 0.3) is 5.91 Å². The number of rotatable bonds is 4. The van der Waals surface area contributed by atoms with Gasteiger partial charge in [0.15, 0.2) is 0 Å². The summed E-state index contributed by atoms with van der Waals surface area (Å²) in [5.74, 6) is -0.813. The molecule has 1 saturated carbocycles. The number of primary amides is 1. The Kier molecular flexibility index (Phi) is 4.16. The van der Waals surface area contributed by atoms with Gasteiger partial charge in [-0.3, -0.25) is 9.59 Å². The molecular formula is C12H18N4O2S. The highest BCUT2D eigenvalue weighted by atomic mass is 32.1. The molecule has 0 aliphatic heterocycles. The SMILES string of the molecule is NCc1nc(C(=O)NC2(C(N)=O)CCCCC2)cs1. The van der Waals surface area contributed by atoms with Crippen LogP contribution in [-0.2, 0) is 11.3 Å². The fraction of sp³-hybridized carbons (Fsp3) is 0.583. The maximum absolute atomic E-state index is 12.1. The number of thiazole rings is 1. The van der Waals surface area contributed by atoms with Gasteiger partial charge >= 0.3 is 0 Å². The largest absolute Gasteiger partial charge is 0.368 e. The van der Waals surface area contributed by atoms with Gasteiger partial charge in [-0.15, -0.1) is 11.3 Å². The molecule has 0 bridgehead atoms. The lowest BCUT2D eigenvalue weighted by Crippen LogP contribution is -2.58. The Morgan fingerprint density at radius 2 is 2.05 bits per heavy atom. The topological polar surface area (TPSA) is 111 Å². The summed E-state index contributed by atoms with van der Waals surface area (Å²) in [4.78, 5) is 27.9. The highest BCUT2D eigenvalue weighted by Crippen LogP contribution is 2.28. The number of hydrogen-bond donors (Lipinski definition) is 3. The minimum Gasteiger partial charge on any atom is -0.368 e. The van der Waals surface area contributed by atoms with Crippen molar-refractivity contribution in [3.8, 4) is 0 Å². The van der Waals surface area contributed by atoms with Crippen LogP contribution in [-0.4, -0.2) is 22.3 Å². The second-order valence-corrected chi connectivity index (χ2v) is 5.73. The Morgan fingerprint density at radius 3 is 2.58 bits per heavy atom. The number of nitrogens with two attached hydrogens (primary N) is 2. The van der Waals surface area contributed by atoms with Crippen LogP contribution >= 0.6 is 11.3 Å². The quantitative estimate of drug-likeness (QED) is 0.747. The predicted octanol–water partition coefficient (Wildman–Crippen LogP) is 0.520. The average molecular weight is 282 g/mol. The van der Waals surface area contributed by atoms with Gasteiger partial charge < -0.3 is 16.8 Å². The third-order valence-corrected chi connectivity index (χ3v) is 4.36. The first kappa shape index (κ1) is 14.0. The van der Waals surface area contributed by atoms with Crippen molar-refractivity contribution < 1.29 is 9.59 Å². The number of nitrogens with one attached hydrogen (secondary N) is 1. The molecular weight excluding hydrogens is 264 g/mol. The van der Waals surface area contributed by atoms with E-state index in [-0.39, 0.29) is 5.91 Å². The molecule has 1 fully saturated rings. The minimum atomic E-state index is -0.915. The summed E-state index contributed by atoms with van der Waals surface area (Å²) >= 11 is 1.33. The summed E-state index contributed by atoms with van der Waals surface area (Å²) in [6.07, 6.45) is 4.06. The first-order valence-corrected chi connectivity index (χ1v) is 7.22. The molecule has 7 heteroatoms. The fourth-order valence-electron chi connectivity index (χ4n) is 2.38. The van der Waals surface area contributed by atoms with Crippen LogP contribution in [0.2, 0.25) is 0 Å². The van der Waals surface area contributed by atoms with Gasteiger partial charge in [0.05, 0.1) is 0 Å². The summed E-state index contributed by atoms with van der Waals surface area (Å²) in [6.45, 7) is 0.304. The molecule has 6 nitrogen and oxygen atoms in total. The van der Waals surface area contributed by atoms with Crippen molar-refractivity contribution in [3.05, 3.63) is 16.1 Å². The van der Waals surface area contributed by atoms with E-state index >= 15 is 0 Å². The maximum Gasteiger partial charge on any atom is 0.271 e. The Bertz CT molecular complexity index is 480. The number of hydrogen-bond acceptors (Lipinski definition) is 5. The lowest BCUT2D eigenvalue weighted by atomic mass is 9.81. The number of aromatic nitrogens is 1. The van der Waals surface area contributed by atoms with Crippen LogP contribution in [0.25, 0.3) is 0 Å². The van der Waals surface area contributed by atoms with Crippen LogP contribution in [0.15, 0.2) is 5.38 Å². The zero-order valence-electron chi connectivity index (χ0n) is 10.6. The second-order valence-electron chi connectivity index (χ2n) is 4.79. The molecule has 1 aromatic rings. The van der Waals surface area contributed by atoms with Gasteiger partial charge in [-0.25, -0.2) is 4.98 Å². The number of amides is 2. The van der Waals surface area contributed by atoms with Crippen LogP contribution in [0.3, 0.4) is 0 Å². The molecule has 0 radical (unpaired) electrons. The first-order chi connectivity index (χ1) is 9.07. The summed E-state index contributed by atoms with van der Waals surface area (Å²) < 4.78 is 0. The van der Waals surface area contributed by atoms with E-state index in [0.717, 1.165) is 19.3 Å². The van der Waals surface area contributed by atoms with Crippen LogP contribution in [0.4, 0.5) is 0 Å². The van der Waals surface area contributed by atoms with Gasteiger partial charge in [-0.05, 0) is 12.8 Å². The molecule has 0 unspecified atom stereocenters. The predicted molar refractivity (Wildman–Crippen MR) is 72.5 cm³/mol. The molecule has 1 aliphatic carbocycles. The zero-order chi connectivity index (χ0) is 13.9. The molecule has 104 valence electrons. The molecule has 1 aliphatic rings. The van der Waals surface area contributed by atoms with Crippen LogP contribution in [0.1, 0.15) is 47.6 Å². The van der Waals surface area contributed by atoms with Crippen molar-refractivity contribution >= 4 is 23.2 Å². The first-order valence-electron chi connectivity index (χ1n) is 6.34. The van der Waals surface area contributed by atoms with Crippen molar-refractivity contribution in [3.63, 3.8) is 0 Å². The smallest absolute Gasteiger partial charge is 0.271 e. The second kappa shape index (κ2) is 5.66. The molecule has 2 amide bonds. The fourth-order valence-corrected chi connectivity index (χ4v) is 3.03. The molecule has 0 atom stereocenters. The summed E-state index contributed by atoms with van der Waals surface area (Å²) in [5, 5.41) is 5.12. The van der Waals surface area contributed by atoms with Gasteiger partial charge in [-0.1, -0.05) is 19.3 Å². The van der Waals surface area contributed by atoms with Crippen molar-refractivity contribution in [2.45, 2.75) is 44.2 Å². The van der Waals surface area contributed by atoms with Crippen LogP contribution in [0, 0.1) is 0 Å². The molecule has 0 saturated heterocycles. The van der Waals surface area contributed by atoms with E-state index in [1.54, 1.807) is 5.38 Å². The Morgan fingerprint density at radius 1 is 1.37 bits per heavy atom. The number of nitrogens with zero attached hydrogens (tertiary/aromatic N) is 1. The monoisotopic (exact) mass is 282 g/mol. The lowest BCUT2D eigenvalue weighted by molar-refractivity contribution is -0.125. The van der Waals surface area contributed by atoms with Gasteiger partial charge in [0.1, 0.15) is 16.2 Å². The molecule has 2 rings (SSSR count). The van der Waals surface area contributed by atoms with Crippen LogP contribution in [0.5, 0.6) is 0 Å². The average Bonchev–Trinajstić information content (AvgIpc) is 2.88. The zero-order valence-corrected chi connectivity index (χ0v) is 11.5. The van der Waals surface area contributed by atoms with E-state index in [1.807, 2.05) is 0 Å². The van der Waals surface area contributed by atoms with E-state index in [4.69, 9.17) is 11.5 Å².